The summed E-state index contributed by atoms with van der Waals surface area (Å²) < 4.78 is 11.5. The molecule has 8 nitrogen and oxygen atoms in total. The van der Waals surface area contributed by atoms with Gasteiger partial charge in [0.15, 0.2) is 0 Å². The molecular weight excluding hydrogens is 422 g/mol. The molecule has 33 heavy (non-hydrogen) atoms. The van der Waals surface area contributed by atoms with Gasteiger partial charge in [0.1, 0.15) is 18.3 Å². The zero-order chi connectivity index (χ0) is 24.1. The number of ether oxygens (including phenoxy) is 2. The molecule has 3 fully saturated rings. The number of likely N-dealkylation sites (N-methyl/N-ethyl adjacent to an activating group) is 1. The zero-order valence-electron chi connectivity index (χ0n) is 21.0. The van der Waals surface area contributed by atoms with Gasteiger partial charge in [0.25, 0.3) is 0 Å². The molecule has 0 radical (unpaired) electrons. The van der Waals surface area contributed by atoms with Gasteiger partial charge in [-0.2, -0.15) is 0 Å². The van der Waals surface area contributed by atoms with Crippen LogP contribution in [0.25, 0.3) is 0 Å². The van der Waals surface area contributed by atoms with Crippen molar-refractivity contribution >= 4 is 17.7 Å². The van der Waals surface area contributed by atoms with Crippen molar-refractivity contribution in [3.63, 3.8) is 0 Å². The van der Waals surface area contributed by atoms with Crippen LogP contribution in [-0.4, -0.2) is 92.1 Å². The molecule has 2 heterocycles. The molecule has 1 spiro atoms. The fourth-order valence-corrected chi connectivity index (χ4v) is 4.95. The maximum atomic E-state index is 12.7. The fourth-order valence-electron chi connectivity index (χ4n) is 4.95. The Balaban J connectivity index is 1.64. The Morgan fingerprint density at radius 2 is 1.85 bits per heavy atom. The third-order valence-corrected chi connectivity index (χ3v) is 8.17. The number of nitrogens with one attached hydrogen (secondary N) is 1. The van der Waals surface area contributed by atoms with Gasteiger partial charge in [-0.1, -0.05) is 0 Å². The average Bonchev–Trinajstić information content (AvgIpc) is 3.64. The molecule has 1 N–H and O–H groups in total. The minimum Gasteiger partial charge on any atom is -0.463 e. The first kappa shape index (κ1) is 26.1. The normalized spacial score (nSPS) is 30.3. The lowest BCUT2D eigenvalue weighted by Gasteiger charge is -2.47. The molecule has 1 amide bonds. The molecule has 3 aliphatic rings. The standard InChI is InChI=1S/C25H43N3O5/c1-19-21(29)8-10-24(2,32-4)9-5-13-27(3)25(18-33-23(19)31)11-14-28(15-12-25)22(30)17-26-16-20-6-7-20/h19-20,26H,5-18H2,1-4H3/t19?,24-/m1/s1. The van der Waals surface area contributed by atoms with E-state index in [1.165, 1.54) is 12.8 Å². The van der Waals surface area contributed by atoms with E-state index in [2.05, 4.69) is 17.3 Å². The van der Waals surface area contributed by atoms with Crippen LogP contribution in [0.1, 0.15) is 65.2 Å². The van der Waals surface area contributed by atoms with E-state index in [9.17, 15) is 14.4 Å². The van der Waals surface area contributed by atoms with E-state index >= 15 is 0 Å². The molecule has 0 aromatic carbocycles. The topological polar surface area (TPSA) is 88.2 Å². The first-order valence-corrected chi connectivity index (χ1v) is 12.6. The lowest BCUT2D eigenvalue weighted by atomic mass is 9.86. The van der Waals surface area contributed by atoms with Crippen LogP contribution in [0.5, 0.6) is 0 Å². The van der Waals surface area contributed by atoms with Crippen LogP contribution in [0.2, 0.25) is 0 Å². The summed E-state index contributed by atoms with van der Waals surface area (Å²) in [6.07, 6.45) is 6.71. The maximum Gasteiger partial charge on any atom is 0.316 e. The van der Waals surface area contributed by atoms with Gasteiger partial charge in [0, 0.05) is 26.6 Å². The Bertz CT molecular complexity index is 702. The minimum absolute atomic E-state index is 0.0935. The summed E-state index contributed by atoms with van der Waals surface area (Å²) in [7, 11) is 3.78. The smallest absolute Gasteiger partial charge is 0.316 e. The number of likely N-dealkylation sites (tertiary alicyclic amines) is 1. The Labute approximate surface area is 198 Å². The van der Waals surface area contributed by atoms with Gasteiger partial charge in [0.2, 0.25) is 5.91 Å². The molecule has 3 rings (SSSR count). The molecule has 0 aromatic heterocycles. The summed E-state index contributed by atoms with van der Waals surface area (Å²) in [4.78, 5) is 42.1. The molecule has 2 aliphatic heterocycles. The highest BCUT2D eigenvalue weighted by molar-refractivity contribution is 5.98. The Morgan fingerprint density at radius 3 is 2.48 bits per heavy atom. The lowest BCUT2D eigenvalue weighted by Crippen LogP contribution is -2.58. The molecule has 1 unspecified atom stereocenters. The second kappa shape index (κ2) is 11.3. The van der Waals surface area contributed by atoms with E-state index in [1.54, 1.807) is 14.0 Å². The van der Waals surface area contributed by atoms with E-state index in [1.807, 2.05) is 11.8 Å². The number of methoxy groups -OCH3 is 1. The van der Waals surface area contributed by atoms with Crippen molar-refractivity contribution in [2.45, 2.75) is 76.4 Å². The molecular formula is C25H43N3O5. The highest BCUT2D eigenvalue weighted by Crippen LogP contribution is 2.32. The van der Waals surface area contributed by atoms with Crippen LogP contribution >= 0.6 is 0 Å². The number of hydrogen-bond acceptors (Lipinski definition) is 7. The van der Waals surface area contributed by atoms with Gasteiger partial charge in [-0.3, -0.25) is 19.3 Å². The number of hydrogen-bond donors (Lipinski definition) is 1. The number of amides is 1. The number of carbonyl (C=O) groups is 3. The molecule has 0 aromatic rings. The molecule has 1 aliphatic carbocycles. The average molecular weight is 466 g/mol. The molecule has 0 bridgehead atoms. The van der Waals surface area contributed by atoms with Gasteiger partial charge in [0.05, 0.1) is 17.7 Å². The minimum atomic E-state index is -0.770. The SMILES string of the molecule is CO[C@]1(C)CCCN(C)C2(CCN(C(=O)CNCC3CC3)CC2)COC(=O)C(C)C(=O)CC1. The number of carbonyl (C=O) groups excluding carboxylic acids is 3. The molecule has 188 valence electrons. The van der Waals surface area contributed by atoms with E-state index < -0.39 is 11.9 Å². The van der Waals surface area contributed by atoms with E-state index in [4.69, 9.17) is 9.47 Å². The summed E-state index contributed by atoms with van der Waals surface area (Å²) in [5.74, 6) is -0.420. The second-order valence-corrected chi connectivity index (χ2v) is 10.7. The number of ketones is 1. The van der Waals surface area contributed by atoms with Crippen molar-refractivity contribution in [2.24, 2.45) is 11.8 Å². The fraction of sp³-hybridized carbons (Fsp3) is 0.880. The monoisotopic (exact) mass is 465 g/mol. The number of rotatable bonds is 5. The third-order valence-electron chi connectivity index (χ3n) is 8.17. The van der Waals surface area contributed by atoms with Crippen LogP contribution in [0.3, 0.4) is 0 Å². The second-order valence-electron chi connectivity index (χ2n) is 10.7. The molecule has 2 saturated heterocycles. The molecule has 2 atom stereocenters. The first-order chi connectivity index (χ1) is 15.7. The number of cyclic esters (lactones) is 1. The Kier molecular flexibility index (Phi) is 8.92. The Hall–Kier alpha value is -1.51. The van der Waals surface area contributed by atoms with Crippen LogP contribution < -0.4 is 5.32 Å². The van der Waals surface area contributed by atoms with E-state index in [-0.39, 0.29) is 29.4 Å². The van der Waals surface area contributed by atoms with E-state index in [0.717, 1.165) is 44.7 Å². The zero-order valence-corrected chi connectivity index (χ0v) is 21.0. The number of esters is 1. The number of nitrogens with zero attached hydrogens (tertiary/aromatic N) is 2. The van der Waals surface area contributed by atoms with Crippen molar-refractivity contribution in [3.8, 4) is 0 Å². The molecule has 1 saturated carbocycles. The quantitative estimate of drug-likeness (QED) is 0.491. The summed E-state index contributed by atoms with van der Waals surface area (Å²) in [6.45, 7) is 7.40. The van der Waals surface area contributed by atoms with Gasteiger partial charge in [-0.25, -0.2) is 0 Å². The maximum absolute atomic E-state index is 12.7. The van der Waals surface area contributed by atoms with Crippen LogP contribution in [0.4, 0.5) is 0 Å². The van der Waals surface area contributed by atoms with Crippen molar-refractivity contribution < 1.29 is 23.9 Å². The van der Waals surface area contributed by atoms with Crippen molar-refractivity contribution in [3.05, 3.63) is 0 Å². The third kappa shape index (κ3) is 6.99. The highest BCUT2D eigenvalue weighted by Gasteiger charge is 2.41. The summed E-state index contributed by atoms with van der Waals surface area (Å²) in [5.41, 5.74) is -0.710. The van der Waals surface area contributed by atoms with Crippen LogP contribution in [-0.2, 0) is 23.9 Å². The van der Waals surface area contributed by atoms with E-state index in [0.29, 0.717) is 32.5 Å². The highest BCUT2D eigenvalue weighted by atomic mass is 16.5. The Morgan fingerprint density at radius 1 is 1.15 bits per heavy atom. The van der Waals surface area contributed by atoms with Crippen molar-refractivity contribution in [1.29, 1.82) is 0 Å². The van der Waals surface area contributed by atoms with Crippen LogP contribution in [0.15, 0.2) is 0 Å². The van der Waals surface area contributed by atoms with Gasteiger partial charge in [-0.05, 0) is 84.8 Å². The summed E-state index contributed by atoms with van der Waals surface area (Å²) >= 11 is 0. The predicted molar refractivity (Wildman–Crippen MR) is 126 cm³/mol. The van der Waals surface area contributed by atoms with Gasteiger partial charge in [-0.15, -0.1) is 0 Å². The van der Waals surface area contributed by atoms with Crippen molar-refractivity contribution in [1.82, 2.24) is 15.1 Å². The molecule has 8 heteroatoms. The summed E-state index contributed by atoms with van der Waals surface area (Å²) in [5, 5.41) is 3.29. The van der Waals surface area contributed by atoms with Gasteiger partial charge >= 0.3 is 5.97 Å². The largest absolute Gasteiger partial charge is 0.463 e. The van der Waals surface area contributed by atoms with Crippen LogP contribution in [0, 0.1) is 11.8 Å². The first-order valence-electron chi connectivity index (χ1n) is 12.6. The number of piperidine rings is 1. The predicted octanol–water partition coefficient (Wildman–Crippen LogP) is 2.01. The van der Waals surface area contributed by atoms with Crippen molar-refractivity contribution in [2.75, 3.05) is 53.5 Å². The number of Topliss-reactive ketones (excluding diaryl/α,β-unsaturated/α-hetero) is 1. The summed E-state index contributed by atoms with van der Waals surface area (Å²) in [6, 6.07) is 0. The van der Waals surface area contributed by atoms with Gasteiger partial charge < -0.3 is 19.7 Å². The lowest BCUT2D eigenvalue weighted by molar-refractivity contribution is -0.157.